The number of aryl methyl sites for hydroxylation is 1. The van der Waals surface area contributed by atoms with Crippen LogP contribution in [0.15, 0.2) is 6.07 Å². The molecule has 1 fully saturated rings. The minimum absolute atomic E-state index is 0.00614. The van der Waals surface area contributed by atoms with Gasteiger partial charge in [-0.05, 0) is 44.1 Å². The normalized spacial score (nSPS) is 20.0. The van der Waals surface area contributed by atoms with E-state index in [2.05, 4.69) is 28.7 Å². The second-order valence-electron chi connectivity index (χ2n) is 6.03. The number of amidine groups is 1. The molecular weight excluding hydrogens is 250 g/mol. The average molecular weight is 275 g/mol. The number of nitrogen functional groups attached to an aromatic ring is 1. The van der Waals surface area contributed by atoms with E-state index in [9.17, 15) is 0 Å². The summed E-state index contributed by atoms with van der Waals surface area (Å²) in [6, 6.07) is 1.76. The van der Waals surface area contributed by atoms with Crippen molar-refractivity contribution < 1.29 is 0 Å². The van der Waals surface area contributed by atoms with Gasteiger partial charge in [0.2, 0.25) is 5.95 Å². The second kappa shape index (κ2) is 6.20. The molecular formula is C15H25N5. The van der Waals surface area contributed by atoms with Gasteiger partial charge < -0.3 is 10.6 Å². The fourth-order valence-electron chi connectivity index (χ4n) is 2.82. The number of hydrogen-bond acceptors (Lipinski definition) is 4. The fourth-order valence-corrected chi connectivity index (χ4v) is 2.82. The zero-order valence-corrected chi connectivity index (χ0v) is 12.7. The summed E-state index contributed by atoms with van der Waals surface area (Å²) in [4.78, 5) is 11.2. The number of nitrogens with two attached hydrogens (primary N) is 1. The highest BCUT2D eigenvalue weighted by Gasteiger charge is 2.21. The van der Waals surface area contributed by atoms with Crippen molar-refractivity contribution in [3.8, 4) is 0 Å². The number of aromatic nitrogens is 2. The molecule has 0 aromatic carbocycles. The first-order valence-electron chi connectivity index (χ1n) is 7.42. The topological polar surface area (TPSA) is 78.9 Å². The number of nitrogens with zero attached hydrogens (tertiary/aromatic N) is 3. The molecule has 1 aliphatic rings. The van der Waals surface area contributed by atoms with Crippen molar-refractivity contribution in [1.82, 2.24) is 9.97 Å². The molecule has 2 heterocycles. The van der Waals surface area contributed by atoms with Gasteiger partial charge in [0.25, 0.3) is 0 Å². The maximum Gasteiger partial charge on any atom is 0.226 e. The Morgan fingerprint density at radius 1 is 1.35 bits per heavy atom. The minimum atomic E-state index is 0.00614. The summed E-state index contributed by atoms with van der Waals surface area (Å²) in [5, 5.41) is 7.54. The molecule has 0 amide bonds. The van der Waals surface area contributed by atoms with E-state index < -0.39 is 0 Å². The molecule has 1 unspecified atom stereocenters. The van der Waals surface area contributed by atoms with E-state index in [1.165, 1.54) is 19.3 Å². The Morgan fingerprint density at radius 2 is 2.10 bits per heavy atom. The van der Waals surface area contributed by atoms with Crippen LogP contribution in [0.2, 0.25) is 0 Å². The first-order chi connectivity index (χ1) is 9.47. The molecule has 2 rings (SSSR count). The van der Waals surface area contributed by atoms with Crippen LogP contribution in [0.1, 0.15) is 44.5 Å². The van der Waals surface area contributed by atoms with E-state index in [4.69, 9.17) is 11.1 Å². The molecule has 1 atom stereocenters. The molecule has 1 aliphatic heterocycles. The van der Waals surface area contributed by atoms with Crippen LogP contribution in [0, 0.1) is 24.2 Å². The molecule has 110 valence electrons. The third-order valence-electron chi connectivity index (χ3n) is 4.12. The maximum absolute atomic E-state index is 7.54. The highest BCUT2D eigenvalue weighted by atomic mass is 15.3. The van der Waals surface area contributed by atoms with Crippen molar-refractivity contribution in [3.63, 3.8) is 0 Å². The van der Waals surface area contributed by atoms with Gasteiger partial charge in [0.15, 0.2) is 0 Å². The summed E-state index contributed by atoms with van der Waals surface area (Å²) in [5.74, 6) is 2.25. The highest BCUT2D eigenvalue weighted by molar-refractivity contribution is 5.93. The van der Waals surface area contributed by atoms with Gasteiger partial charge in [-0.2, -0.15) is 0 Å². The molecule has 5 nitrogen and oxygen atoms in total. The summed E-state index contributed by atoms with van der Waals surface area (Å²) in [7, 11) is 0. The predicted molar refractivity (Wildman–Crippen MR) is 82.2 cm³/mol. The molecule has 0 spiro atoms. The largest absolute Gasteiger partial charge is 0.382 e. The van der Waals surface area contributed by atoms with Crippen LogP contribution >= 0.6 is 0 Å². The standard InChI is InChI=1S/C15H25N5/c1-10(2)12-5-4-7-20(8-6-12)15-18-11(3)9-13(19-15)14(16)17/h9-10,12H,4-8H2,1-3H3,(H3,16,17). The lowest BCUT2D eigenvalue weighted by atomic mass is 9.89. The highest BCUT2D eigenvalue weighted by Crippen LogP contribution is 2.26. The Bertz CT molecular complexity index is 483. The third-order valence-corrected chi connectivity index (χ3v) is 4.12. The first-order valence-corrected chi connectivity index (χ1v) is 7.42. The number of rotatable bonds is 3. The Kier molecular flexibility index (Phi) is 4.57. The van der Waals surface area contributed by atoms with Gasteiger partial charge >= 0.3 is 0 Å². The molecule has 5 heteroatoms. The average Bonchev–Trinajstić information content (AvgIpc) is 2.63. The second-order valence-corrected chi connectivity index (χ2v) is 6.03. The third kappa shape index (κ3) is 3.46. The smallest absolute Gasteiger partial charge is 0.226 e. The molecule has 3 N–H and O–H groups in total. The number of nitrogens with one attached hydrogen (secondary N) is 1. The SMILES string of the molecule is Cc1cc(C(=N)N)nc(N2CCCC(C(C)C)CC2)n1. The molecule has 1 saturated heterocycles. The molecule has 1 aromatic heterocycles. The van der Waals surface area contributed by atoms with Crippen molar-refractivity contribution in [2.75, 3.05) is 18.0 Å². The Balaban J connectivity index is 2.17. The van der Waals surface area contributed by atoms with Gasteiger partial charge in [-0.25, -0.2) is 9.97 Å². The zero-order chi connectivity index (χ0) is 14.7. The Hall–Kier alpha value is -1.65. The summed E-state index contributed by atoms with van der Waals surface area (Å²) in [6.07, 6.45) is 3.64. The van der Waals surface area contributed by atoms with Gasteiger partial charge in [-0.1, -0.05) is 13.8 Å². The molecule has 0 aliphatic carbocycles. The number of hydrogen-bond donors (Lipinski definition) is 2. The van der Waals surface area contributed by atoms with E-state index >= 15 is 0 Å². The van der Waals surface area contributed by atoms with Crippen molar-refractivity contribution in [2.45, 2.75) is 40.0 Å². The summed E-state index contributed by atoms with van der Waals surface area (Å²) < 4.78 is 0. The van der Waals surface area contributed by atoms with Crippen molar-refractivity contribution >= 4 is 11.8 Å². The van der Waals surface area contributed by atoms with Crippen LogP contribution in [0.3, 0.4) is 0 Å². The van der Waals surface area contributed by atoms with Gasteiger partial charge in [0.1, 0.15) is 11.5 Å². The van der Waals surface area contributed by atoms with Crippen LogP contribution in [-0.4, -0.2) is 28.9 Å². The van der Waals surface area contributed by atoms with Gasteiger partial charge in [-0.15, -0.1) is 0 Å². The van der Waals surface area contributed by atoms with E-state index in [-0.39, 0.29) is 5.84 Å². The van der Waals surface area contributed by atoms with Crippen LogP contribution in [0.25, 0.3) is 0 Å². The van der Waals surface area contributed by atoms with Crippen LogP contribution in [0.5, 0.6) is 0 Å². The van der Waals surface area contributed by atoms with E-state index in [0.29, 0.717) is 5.69 Å². The quantitative estimate of drug-likeness (QED) is 0.655. The van der Waals surface area contributed by atoms with Crippen molar-refractivity contribution in [1.29, 1.82) is 5.41 Å². The van der Waals surface area contributed by atoms with Crippen LogP contribution < -0.4 is 10.6 Å². The van der Waals surface area contributed by atoms with E-state index in [0.717, 1.165) is 36.6 Å². The molecule has 1 aromatic rings. The Labute approximate surface area is 121 Å². The lowest BCUT2D eigenvalue weighted by Crippen LogP contribution is -2.28. The number of anilines is 1. The zero-order valence-electron chi connectivity index (χ0n) is 12.7. The van der Waals surface area contributed by atoms with E-state index in [1.807, 2.05) is 6.92 Å². The lowest BCUT2D eigenvalue weighted by Gasteiger charge is -2.22. The van der Waals surface area contributed by atoms with Crippen LogP contribution in [-0.2, 0) is 0 Å². The molecule has 0 radical (unpaired) electrons. The van der Waals surface area contributed by atoms with Gasteiger partial charge in [-0.3, -0.25) is 5.41 Å². The maximum atomic E-state index is 7.54. The minimum Gasteiger partial charge on any atom is -0.382 e. The van der Waals surface area contributed by atoms with Gasteiger partial charge in [0, 0.05) is 18.8 Å². The molecule has 20 heavy (non-hydrogen) atoms. The molecule has 0 saturated carbocycles. The summed E-state index contributed by atoms with van der Waals surface area (Å²) >= 11 is 0. The monoisotopic (exact) mass is 275 g/mol. The summed E-state index contributed by atoms with van der Waals surface area (Å²) in [5.41, 5.74) is 6.94. The lowest BCUT2D eigenvalue weighted by molar-refractivity contribution is 0.351. The van der Waals surface area contributed by atoms with E-state index in [1.54, 1.807) is 6.07 Å². The summed E-state index contributed by atoms with van der Waals surface area (Å²) in [6.45, 7) is 8.51. The predicted octanol–water partition coefficient (Wildman–Crippen LogP) is 2.33. The van der Waals surface area contributed by atoms with Crippen molar-refractivity contribution in [3.05, 3.63) is 17.5 Å². The van der Waals surface area contributed by atoms with Crippen molar-refractivity contribution in [2.24, 2.45) is 17.6 Å². The Morgan fingerprint density at radius 3 is 2.75 bits per heavy atom. The van der Waals surface area contributed by atoms with Crippen LogP contribution in [0.4, 0.5) is 5.95 Å². The fraction of sp³-hybridized carbons (Fsp3) is 0.667. The first kappa shape index (κ1) is 14.8. The molecule has 0 bridgehead atoms. The van der Waals surface area contributed by atoms with Gasteiger partial charge in [0.05, 0.1) is 0 Å².